The molecule has 1 fully saturated rings. The molecule has 0 atom stereocenters. The Bertz CT molecular complexity index is 534. The lowest BCUT2D eigenvalue weighted by Gasteiger charge is -2.11. The lowest BCUT2D eigenvalue weighted by atomic mass is 10.0. The van der Waals surface area contributed by atoms with Gasteiger partial charge in [-0.3, -0.25) is 4.79 Å². The van der Waals surface area contributed by atoms with Gasteiger partial charge in [-0.25, -0.2) is 4.68 Å². The van der Waals surface area contributed by atoms with E-state index >= 15 is 0 Å². The molecular weight excluding hydrogens is 306 g/mol. The summed E-state index contributed by atoms with van der Waals surface area (Å²) >= 11 is 3.40. The monoisotopic (exact) mass is 327 g/mol. The van der Waals surface area contributed by atoms with Crippen molar-refractivity contribution in [2.75, 3.05) is 5.32 Å². The average molecular weight is 328 g/mol. The van der Waals surface area contributed by atoms with Crippen LogP contribution in [0.25, 0.3) is 0 Å². The van der Waals surface area contributed by atoms with Crippen LogP contribution in [0.3, 0.4) is 0 Å². The van der Waals surface area contributed by atoms with Crippen molar-refractivity contribution in [2.24, 2.45) is 10.8 Å². The standard InChI is InChI=1S/C14H22BrN3O/c1-6-7-18-11(19)10(15)9(8-16-18)17-12-13(2,3)14(12,4)5/h8,12,17H,6-7H2,1-5H3. The van der Waals surface area contributed by atoms with Gasteiger partial charge in [0.25, 0.3) is 5.56 Å². The molecule has 0 amide bonds. The van der Waals surface area contributed by atoms with Crippen molar-refractivity contribution in [3.05, 3.63) is 21.0 Å². The first-order valence-electron chi connectivity index (χ1n) is 6.75. The normalized spacial score (nSPS) is 20.3. The molecule has 1 aliphatic carbocycles. The van der Waals surface area contributed by atoms with Gasteiger partial charge in [-0.2, -0.15) is 5.10 Å². The van der Waals surface area contributed by atoms with Gasteiger partial charge in [0.2, 0.25) is 0 Å². The van der Waals surface area contributed by atoms with Crippen molar-refractivity contribution in [3.63, 3.8) is 0 Å². The maximum Gasteiger partial charge on any atom is 0.283 e. The number of hydrogen-bond donors (Lipinski definition) is 1. The first kappa shape index (κ1) is 14.6. The van der Waals surface area contributed by atoms with E-state index < -0.39 is 0 Å². The Hall–Kier alpha value is -0.840. The molecule has 0 spiro atoms. The second-order valence-corrected chi connectivity index (χ2v) is 7.21. The van der Waals surface area contributed by atoms with Crippen molar-refractivity contribution in [1.82, 2.24) is 9.78 Å². The Morgan fingerprint density at radius 2 is 1.95 bits per heavy atom. The van der Waals surface area contributed by atoms with Crippen molar-refractivity contribution in [3.8, 4) is 0 Å². The van der Waals surface area contributed by atoms with E-state index in [2.05, 4.69) is 54.0 Å². The van der Waals surface area contributed by atoms with Crippen LogP contribution < -0.4 is 10.9 Å². The molecule has 19 heavy (non-hydrogen) atoms. The Balaban J connectivity index is 2.25. The number of aromatic nitrogens is 2. The Labute approximate surface area is 122 Å². The highest BCUT2D eigenvalue weighted by atomic mass is 79.9. The highest BCUT2D eigenvalue weighted by Crippen LogP contribution is 2.63. The summed E-state index contributed by atoms with van der Waals surface area (Å²) in [5.41, 5.74) is 1.18. The molecule has 0 aliphatic heterocycles. The van der Waals surface area contributed by atoms with Crippen LogP contribution >= 0.6 is 15.9 Å². The second kappa shape index (κ2) is 4.62. The van der Waals surface area contributed by atoms with Gasteiger partial charge in [0.05, 0.1) is 11.9 Å². The fraction of sp³-hybridized carbons (Fsp3) is 0.714. The first-order chi connectivity index (χ1) is 8.73. The van der Waals surface area contributed by atoms with E-state index in [-0.39, 0.29) is 16.4 Å². The number of nitrogens with zero attached hydrogens (tertiary/aromatic N) is 2. The molecule has 5 heteroatoms. The van der Waals surface area contributed by atoms with Gasteiger partial charge in [-0.15, -0.1) is 0 Å². The number of anilines is 1. The zero-order valence-electron chi connectivity index (χ0n) is 12.2. The molecule has 0 radical (unpaired) electrons. The predicted octanol–water partition coefficient (Wildman–Crippen LogP) is 3.26. The van der Waals surface area contributed by atoms with Crippen molar-refractivity contribution >= 4 is 21.6 Å². The molecule has 1 N–H and O–H groups in total. The van der Waals surface area contributed by atoms with Crippen LogP contribution in [0.15, 0.2) is 15.5 Å². The fourth-order valence-electron chi connectivity index (χ4n) is 2.65. The summed E-state index contributed by atoms with van der Waals surface area (Å²) in [5, 5.41) is 7.67. The summed E-state index contributed by atoms with van der Waals surface area (Å²) in [5.74, 6) is 0. The van der Waals surface area contributed by atoms with E-state index in [1.54, 1.807) is 6.20 Å². The minimum absolute atomic E-state index is 0.0666. The average Bonchev–Trinajstić information content (AvgIpc) is 2.71. The number of hydrogen-bond acceptors (Lipinski definition) is 3. The molecule has 106 valence electrons. The molecule has 0 aromatic carbocycles. The van der Waals surface area contributed by atoms with Crippen LogP contribution in [0, 0.1) is 10.8 Å². The van der Waals surface area contributed by atoms with Crippen LogP contribution in [0.5, 0.6) is 0 Å². The topological polar surface area (TPSA) is 46.9 Å². The van der Waals surface area contributed by atoms with Crippen molar-refractivity contribution < 1.29 is 0 Å². The van der Waals surface area contributed by atoms with Gasteiger partial charge in [0.15, 0.2) is 0 Å². The second-order valence-electron chi connectivity index (χ2n) is 6.42. The minimum atomic E-state index is -0.0666. The van der Waals surface area contributed by atoms with Crippen LogP contribution in [0.1, 0.15) is 41.0 Å². The third-order valence-corrected chi connectivity index (χ3v) is 5.51. The Kier molecular flexibility index (Phi) is 3.54. The molecular formula is C14H22BrN3O. The highest BCUT2D eigenvalue weighted by molar-refractivity contribution is 9.10. The molecule has 1 saturated carbocycles. The van der Waals surface area contributed by atoms with Gasteiger partial charge in [-0.05, 0) is 33.2 Å². The van der Waals surface area contributed by atoms with E-state index in [0.29, 0.717) is 17.1 Å². The van der Waals surface area contributed by atoms with Crippen LogP contribution in [-0.2, 0) is 6.54 Å². The van der Waals surface area contributed by atoms with Gasteiger partial charge < -0.3 is 5.32 Å². The molecule has 0 unspecified atom stereocenters. The third-order valence-electron chi connectivity index (χ3n) is 4.74. The Morgan fingerprint density at radius 1 is 1.37 bits per heavy atom. The van der Waals surface area contributed by atoms with E-state index in [9.17, 15) is 4.79 Å². The van der Waals surface area contributed by atoms with E-state index in [1.807, 2.05) is 6.92 Å². The molecule has 1 aromatic rings. The largest absolute Gasteiger partial charge is 0.379 e. The van der Waals surface area contributed by atoms with Gasteiger partial charge in [0, 0.05) is 12.6 Å². The van der Waals surface area contributed by atoms with E-state index in [0.717, 1.165) is 12.1 Å². The van der Waals surface area contributed by atoms with E-state index in [1.165, 1.54) is 4.68 Å². The molecule has 4 nitrogen and oxygen atoms in total. The predicted molar refractivity (Wildman–Crippen MR) is 81.5 cm³/mol. The van der Waals surface area contributed by atoms with Gasteiger partial charge in [0.1, 0.15) is 4.47 Å². The summed E-state index contributed by atoms with van der Waals surface area (Å²) in [7, 11) is 0. The van der Waals surface area contributed by atoms with Gasteiger partial charge in [-0.1, -0.05) is 34.6 Å². The highest BCUT2D eigenvalue weighted by Gasteiger charge is 2.65. The lowest BCUT2D eigenvalue weighted by Crippen LogP contribution is -2.25. The quantitative estimate of drug-likeness (QED) is 0.923. The van der Waals surface area contributed by atoms with Crippen LogP contribution in [-0.4, -0.2) is 15.8 Å². The van der Waals surface area contributed by atoms with Crippen molar-refractivity contribution in [2.45, 2.75) is 53.6 Å². The third kappa shape index (κ3) is 2.22. The Morgan fingerprint density at radius 3 is 2.42 bits per heavy atom. The maximum atomic E-state index is 12.1. The number of aryl methyl sites for hydroxylation is 1. The van der Waals surface area contributed by atoms with E-state index in [4.69, 9.17) is 0 Å². The summed E-state index contributed by atoms with van der Waals surface area (Å²) < 4.78 is 2.08. The molecule has 1 aromatic heterocycles. The van der Waals surface area contributed by atoms with Crippen LogP contribution in [0.4, 0.5) is 5.69 Å². The summed E-state index contributed by atoms with van der Waals surface area (Å²) in [6.45, 7) is 11.6. The lowest BCUT2D eigenvalue weighted by molar-refractivity contribution is 0.457. The molecule has 0 bridgehead atoms. The molecule has 1 heterocycles. The minimum Gasteiger partial charge on any atom is -0.379 e. The number of rotatable bonds is 4. The SMILES string of the molecule is CCCn1ncc(NC2C(C)(C)C2(C)C)c(Br)c1=O. The molecule has 1 aliphatic rings. The summed E-state index contributed by atoms with van der Waals surface area (Å²) in [6.07, 6.45) is 2.64. The van der Waals surface area contributed by atoms with Gasteiger partial charge >= 0.3 is 0 Å². The zero-order valence-corrected chi connectivity index (χ0v) is 13.8. The zero-order chi connectivity index (χ0) is 14.4. The fourth-order valence-corrected chi connectivity index (χ4v) is 3.07. The number of halogens is 1. The van der Waals surface area contributed by atoms with Crippen molar-refractivity contribution in [1.29, 1.82) is 0 Å². The smallest absolute Gasteiger partial charge is 0.283 e. The molecule has 2 rings (SSSR count). The summed E-state index contributed by atoms with van der Waals surface area (Å²) in [4.78, 5) is 12.1. The molecule has 0 saturated heterocycles. The van der Waals surface area contributed by atoms with Crippen LogP contribution in [0.2, 0.25) is 0 Å². The number of nitrogens with one attached hydrogen (secondary N) is 1. The first-order valence-corrected chi connectivity index (χ1v) is 7.55. The summed E-state index contributed by atoms with van der Waals surface area (Å²) in [6, 6.07) is 0.361. The maximum absolute atomic E-state index is 12.1.